The Bertz CT molecular complexity index is 475. The molecule has 2 saturated heterocycles. The van der Waals surface area contributed by atoms with Gasteiger partial charge in [-0.2, -0.15) is 0 Å². The van der Waals surface area contributed by atoms with E-state index in [4.69, 9.17) is 23.2 Å². The number of fused-ring (bicyclic) bond motifs is 2. The molecule has 2 aliphatic rings. The van der Waals surface area contributed by atoms with E-state index >= 15 is 0 Å². The highest BCUT2D eigenvalue weighted by molar-refractivity contribution is 6.35. The van der Waals surface area contributed by atoms with E-state index < -0.39 is 0 Å². The number of halogens is 2. The lowest BCUT2D eigenvalue weighted by molar-refractivity contribution is 0.169. The highest BCUT2D eigenvalue weighted by atomic mass is 35.5. The molecule has 1 aromatic carbocycles. The zero-order valence-corrected chi connectivity index (χ0v) is 12.9. The fourth-order valence-electron chi connectivity index (χ4n) is 3.51. The fraction of sp³-hybridized carbons (Fsp3) is 0.600. The van der Waals surface area contributed by atoms with Crippen LogP contribution in [0.25, 0.3) is 0 Å². The molecule has 1 N–H and O–H groups in total. The van der Waals surface area contributed by atoms with E-state index in [0.717, 1.165) is 33.4 Å². The van der Waals surface area contributed by atoms with Crippen molar-refractivity contribution in [2.24, 2.45) is 0 Å². The second-order valence-corrected chi connectivity index (χ2v) is 6.76. The molecular weight excluding hydrogens is 279 g/mol. The van der Waals surface area contributed by atoms with E-state index in [1.807, 2.05) is 19.1 Å². The third-order valence-electron chi connectivity index (χ3n) is 4.71. The largest absolute Gasteiger partial charge is 0.381 e. The summed E-state index contributed by atoms with van der Waals surface area (Å²) in [5.74, 6) is 0. The van der Waals surface area contributed by atoms with Gasteiger partial charge in [-0.15, -0.1) is 0 Å². The van der Waals surface area contributed by atoms with Gasteiger partial charge in [0.15, 0.2) is 0 Å². The molecule has 2 fully saturated rings. The predicted molar refractivity (Wildman–Crippen MR) is 82.4 cm³/mol. The van der Waals surface area contributed by atoms with E-state index in [0.29, 0.717) is 6.04 Å². The smallest absolute Gasteiger partial charge is 0.0641 e. The standard InChI is InChI=1S/C15H20Cl2N2/c1-9-5-14(17)15(8-13(9)16)18-10-6-11-3-4-12(7-10)19(11)2/h5,8,10-12,18H,3-4,6-7H2,1-2H3. The molecule has 2 nitrogen and oxygen atoms in total. The Morgan fingerprint density at radius 3 is 2.37 bits per heavy atom. The van der Waals surface area contributed by atoms with Gasteiger partial charge in [-0.3, -0.25) is 0 Å². The summed E-state index contributed by atoms with van der Waals surface area (Å²) in [6, 6.07) is 5.88. The summed E-state index contributed by atoms with van der Waals surface area (Å²) in [7, 11) is 2.26. The van der Waals surface area contributed by atoms with Crippen molar-refractivity contribution >= 4 is 28.9 Å². The number of aryl methyl sites for hydroxylation is 1. The second kappa shape index (κ2) is 5.16. The predicted octanol–water partition coefficient (Wildman–Crippen LogP) is 4.34. The zero-order valence-electron chi connectivity index (χ0n) is 11.4. The summed E-state index contributed by atoms with van der Waals surface area (Å²) in [6.07, 6.45) is 5.08. The summed E-state index contributed by atoms with van der Waals surface area (Å²) in [5.41, 5.74) is 2.01. The molecule has 2 unspecified atom stereocenters. The van der Waals surface area contributed by atoms with Gasteiger partial charge >= 0.3 is 0 Å². The highest BCUT2D eigenvalue weighted by Crippen LogP contribution is 2.37. The molecule has 0 saturated carbocycles. The number of hydrogen-bond acceptors (Lipinski definition) is 2. The van der Waals surface area contributed by atoms with Gasteiger partial charge in [0.1, 0.15) is 0 Å². The number of hydrogen-bond donors (Lipinski definition) is 1. The number of benzene rings is 1. The maximum absolute atomic E-state index is 6.31. The maximum Gasteiger partial charge on any atom is 0.0641 e. The van der Waals surface area contributed by atoms with Crippen LogP contribution in [0.5, 0.6) is 0 Å². The third kappa shape index (κ3) is 2.58. The minimum absolute atomic E-state index is 0.518. The molecule has 0 aliphatic carbocycles. The van der Waals surface area contributed by atoms with E-state index in [1.165, 1.54) is 25.7 Å². The Kier molecular flexibility index (Phi) is 3.67. The summed E-state index contributed by atoms with van der Waals surface area (Å²) in [5, 5.41) is 5.15. The van der Waals surface area contributed by atoms with Gasteiger partial charge in [0.2, 0.25) is 0 Å². The molecule has 19 heavy (non-hydrogen) atoms. The first kappa shape index (κ1) is 13.5. The first-order chi connectivity index (χ1) is 9.04. The van der Waals surface area contributed by atoms with Crippen LogP contribution >= 0.6 is 23.2 Å². The van der Waals surface area contributed by atoms with Gasteiger partial charge in [0.05, 0.1) is 10.7 Å². The first-order valence-electron chi connectivity index (χ1n) is 6.98. The molecule has 2 atom stereocenters. The Labute approximate surface area is 125 Å². The molecule has 3 rings (SSSR count). The number of rotatable bonds is 2. The lowest BCUT2D eigenvalue weighted by Gasteiger charge is -2.37. The van der Waals surface area contributed by atoms with Gasteiger partial charge in [-0.05, 0) is 57.4 Å². The van der Waals surface area contributed by atoms with Crippen molar-refractivity contribution in [3.63, 3.8) is 0 Å². The Morgan fingerprint density at radius 2 is 1.74 bits per heavy atom. The SMILES string of the molecule is Cc1cc(Cl)c(NC2CC3CCC(C2)N3C)cc1Cl. The van der Waals surface area contributed by atoms with E-state index in [2.05, 4.69) is 17.3 Å². The Morgan fingerprint density at radius 1 is 1.11 bits per heavy atom. The van der Waals surface area contributed by atoms with Crippen molar-refractivity contribution in [2.75, 3.05) is 12.4 Å². The number of anilines is 1. The molecule has 0 spiro atoms. The van der Waals surface area contributed by atoms with Crippen LogP contribution < -0.4 is 5.32 Å². The quantitative estimate of drug-likeness (QED) is 0.874. The molecule has 0 radical (unpaired) electrons. The van der Waals surface area contributed by atoms with Crippen molar-refractivity contribution in [1.82, 2.24) is 4.90 Å². The number of nitrogens with zero attached hydrogens (tertiary/aromatic N) is 1. The zero-order chi connectivity index (χ0) is 13.6. The lowest BCUT2D eigenvalue weighted by Crippen LogP contribution is -2.44. The molecule has 2 bridgehead atoms. The topological polar surface area (TPSA) is 15.3 Å². The van der Waals surface area contributed by atoms with E-state index in [9.17, 15) is 0 Å². The van der Waals surface area contributed by atoms with E-state index in [1.54, 1.807) is 0 Å². The normalized spacial score (nSPS) is 30.6. The molecule has 2 aliphatic heterocycles. The van der Waals surface area contributed by atoms with Crippen LogP contribution in [-0.4, -0.2) is 30.1 Å². The third-order valence-corrected chi connectivity index (χ3v) is 5.43. The van der Waals surface area contributed by atoms with Crippen molar-refractivity contribution in [3.05, 3.63) is 27.7 Å². The first-order valence-corrected chi connectivity index (χ1v) is 7.74. The van der Waals surface area contributed by atoms with Crippen LogP contribution in [0.4, 0.5) is 5.69 Å². The second-order valence-electron chi connectivity index (χ2n) is 5.94. The minimum Gasteiger partial charge on any atom is -0.381 e. The summed E-state index contributed by atoms with van der Waals surface area (Å²) in [4.78, 5) is 2.54. The van der Waals surface area contributed by atoms with E-state index in [-0.39, 0.29) is 0 Å². The van der Waals surface area contributed by atoms with Crippen LogP contribution in [0.15, 0.2) is 12.1 Å². The summed E-state index contributed by atoms with van der Waals surface area (Å²) in [6.45, 7) is 1.98. The monoisotopic (exact) mass is 298 g/mol. The summed E-state index contributed by atoms with van der Waals surface area (Å²) >= 11 is 12.5. The van der Waals surface area contributed by atoms with Gasteiger partial charge in [0.25, 0.3) is 0 Å². The molecule has 2 heterocycles. The number of piperidine rings is 1. The minimum atomic E-state index is 0.518. The highest BCUT2D eigenvalue weighted by Gasteiger charge is 2.38. The molecule has 0 amide bonds. The molecule has 0 aromatic heterocycles. The van der Waals surface area contributed by atoms with Crippen molar-refractivity contribution in [1.29, 1.82) is 0 Å². The van der Waals surface area contributed by atoms with Crippen molar-refractivity contribution in [2.45, 2.75) is 50.7 Å². The van der Waals surface area contributed by atoms with Gasteiger partial charge < -0.3 is 10.2 Å². The average Bonchev–Trinajstić information content (AvgIpc) is 2.60. The molecule has 104 valence electrons. The van der Waals surface area contributed by atoms with Crippen LogP contribution in [0.2, 0.25) is 10.0 Å². The maximum atomic E-state index is 6.31. The Hall–Kier alpha value is -0.440. The van der Waals surface area contributed by atoms with Gasteiger partial charge in [-0.1, -0.05) is 23.2 Å². The van der Waals surface area contributed by atoms with Crippen LogP contribution in [0.1, 0.15) is 31.2 Å². The summed E-state index contributed by atoms with van der Waals surface area (Å²) < 4.78 is 0. The van der Waals surface area contributed by atoms with Crippen LogP contribution in [0, 0.1) is 6.92 Å². The van der Waals surface area contributed by atoms with Gasteiger partial charge in [-0.25, -0.2) is 0 Å². The number of nitrogens with one attached hydrogen (secondary N) is 1. The fourth-order valence-corrected chi connectivity index (χ4v) is 3.94. The van der Waals surface area contributed by atoms with Crippen LogP contribution in [0.3, 0.4) is 0 Å². The molecular formula is C15H20Cl2N2. The van der Waals surface area contributed by atoms with Crippen LogP contribution in [-0.2, 0) is 0 Å². The van der Waals surface area contributed by atoms with Crippen molar-refractivity contribution < 1.29 is 0 Å². The van der Waals surface area contributed by atoms with Crippen molar-refractivity contribution in [3.8, 4) is 0 Å². The lowest BCUT2D eigenvalue weighted by atomic mass is 9.97. The molecule has 4 heteroatoms. The Balaban J connectivity index is 1.74. The average molecular weight is 299 g/mol. The van der Waals surface area contributed by atoms with Gasteiger partial charge in [0, 0.05) is 23.1 Å². The molecule has 1 aromatic rings.